The third-order valence-corrected chi connectivity index (χ3v) is 1.84. The summed E-state index contributed by atoms with van der Waals surface area (Å²) in [6.07, 6.45) is 0. The number of rotatable bonds is 1. The third kappa shape index (κ3) is 2.73. The largest absolute Gasteiger partial charge is 0.389 e. The number of halogens is 1. The lowest BCUT2D eigenvalue weighted by Crippen LogP contribution is -2.10. The second-order valence-corrected chi connectivity index (χ2v) is 3.05. The van der Waals surface area contributed by atoms with E-state index >= 15 is 0 Å². The SMILES string of the molecule is NC(=S)c1ccccc1C#CCCl. The Labute approximate surface area is 87.9 Å². The molecule has 1 aromatic rings. The van der Waals surface area contributed by atoms with Crippen molar-refractivity contribution in [3.8, 4) is 11.8 Å². The molecule has 13 heavy (non-hydrogen) atoms. The number of nitrogens with two attached hydrogens (primary N) is 1. The summed E-state index contributed by atoms with van der Waals surface area (Å²) in [6, 6.07) is 7.48. The zero-order valence-corrected chi connectivity index (χ0v) is 8.45. The summed E-state index contributed by atoms with van der Waals surface area (Å²) in [5.74, 6) is 5.97. The highest BCUT2D eigenvalue weighted by Crippen LogP contribution is 2.06. The van der Waals surface area contributed by atoms with E-state index in [2.05, 4.69) is 11.8 Å². The van der Waals surface area contributed by atoms with Gasteiger partial charge in [0.05, 0.1) is 5.88 Å². The summed E-state index contributed by atoms with van der Waals surface area (Å²) >= 11 is 10.3. The smallest absolute Gasteiger partial charge is 0.105 e. The van der Waals surface area contributed by atoms with Gasteiger partial charge in [-0.1, -0.05) is 42.3 Å². The molecule has 3 heteroatoms. The fraction of sp³-hybridized carbons (Fsp3) is 0.100. The van der Waals surface area contributed by atoms with Crippen molar-refractivity contribution in [1.82, 2.24) is 0 Å². The molecule has 0 saturated carbocycles. The predicted octanol–water partition coefficient (Wildman–Crippen LogP) is 1.91. The summed E-state index contributed by atoms with van der Waals surface area (Å²) in [5.41, 5.74) is 7.15. The highest BCUT2D eigenvalue weighted by atomic mass is 35.5. The Morgan fingerprint density at radius 1 is 1.46 bits per heavy atom. The molecule has 0 atom stereocenters. The van der Waals surface area contributed by atoms with E-state index in [0.29, 0.717) is 10.9 Å². The van der Waals surface area contributed by atoms with Gasteiger partial charge in [-0.2, -0.15) is 0 Å². The zero-order valence-electron chi connectivity index (χ0n) is 6.88. The van der Waals surface area contributed by atoms with Gasteiger partial charge in [0.15, 0.2) is 0 Å². The molecule has 0 aromatic heterocycles. The predicted molar refractivity (Wildman–Crippen MR) is 59.9 cm³/mol. The fourth-order valence-corrected chi connectivity index (χ4v) is 1.18. The third-order valence-electron chi connectivity index (χ3n) is 1.48. The van der Waals surface area contributed by atoms with Crippen LogP contribution in [-0.4, -0.2) is 10.9 Å². The van der Waals surface area contributed by atoms with Crippen molar-refractivity contribution in [2.24, 2.45) is 5.73 Å². The first-order chi connectivity index (χ1) is 6.25. The molecule has 0 saturated heterocycles. The van der Waals surface area contributed by atoms with Crippen molar-refractivity contribution in [2.75, 3.05) is 5.88 Å². The minimum Gasteiger partial charge on any atom is -0.389 e. The van der Waals surface area contributed by atoms with Gasteiger partial charge in [-0.25, -0.2) is 0 Å². The molecule has 0 aliphatic heterocycles. The Bertz CT molecular complexity index is 376. The molecule has 0 bridgehead atoms. The monoisotopic (exact) mass is 209 g/mol. The van der Waals surface area contributed by atoms with Crippen molar-refractivity contribution in [2.45, 2.75) is 0 Å². The van der Waals surface area contributed by atoms with E-state index < -0.39 is 0 Å². The maximum Gasteiger partial charge on any atom is 0.105 e. The van der Waals surface area contributed by atoms with Crippen molar-refractivity contribution >= 4 is 28.8 Å². The summed E-state index contributed by atoms with van der Waals surface area (Å²) in [5, 5.41) is 0. The number of benzene rings is 1. The maximum absolute atomic E-state index is 5.52. The molecule has 1 rings (SSSR count). The van der Waals surface area contributed by atoms with Crippen LogP contribution >= 0.6 is 23.8 Å². The molecule has 0 aliphatic rings. The summed E-state index contributed by atoms with van der Waals surface area (Å²) in [4.78, 5) is 0.361. The average Bonchev–Trinajstić information content (AvgIpc) is 2.15. The lowest BCUT2D eigenvalue weighted by Gasteiger charge is -2.00. The van der Waals surface area contributed by atoms with Crippen LogP contribution in [0.5, 0.6) is 0 Å². The Morgan fingerprint density at radius 3 is 2.77 bits per heavy atom. The average molecular weight is 210 g/mol. The number of alkyl halides is 1. The first kappa shape index (κ1) is 10.0. The van der Waals surface area contributed by atoms with E-state index in [0.717, 1.165) is 11.1 Å². The van der Waals surface area contributed by atoms with Crippen LogP contribution in [0.15, 0.2) is 24.3 Å². The van der Waals surface area contributed by atoms with Gasteiger partial charge in [0.25, 0.3) is 0 Å². The highest BCUT2D eigenvalue weighted by Gasteiger charge is 1.99. The molecular weight excluding hydrogens is 202 g/mol. The molecule has 66 valence electrons. The summed E-state index contributed by atoms with van der Waals surface area (Å²) < 4.78 is 0. The summed E-state index contributed by atoms with van der Waals surface area (Å²) in [7, 11) is 0. The van der Waals surface area contributed by atoms with Crippen molar-refractivity contribution < 1.29 is 0 Å². The summed E-state index contributed by atoms with van der Waals surface area (Å²) in [6.45, 7) is 0. The first-order valence-corrected chi connectivity index (χ1v) is 4.63. The van der Waals surface area contributed by atoms with E-state index in [1.165, 1.54) is 0 Å². The number of hydrogen-bond donors (Lipinski definition) is 1. The highest BCUT2D eigenvalue weighted by molar-refractivity contribution is 7.80. The van der Waals surface area contributed by atoms with Crippen LogP contribution in [0.3, 0.4) is 0 Å². The van der Waals surface area contributed by atoms with E-state index in [9.17, 15) is 0 Å². The molecule has 1 aromatic carbocycles. The lowest BCUT2D eigenvalue weighted by molar-refractivity contribution is 1.57. The van der Waals surface area contributed by atoms with Gasteiger partial charge in [-0.05, 0) is 6.07 Å². The van der Waals surface area contributed by atoms with Crippen molar-refractivity contribution in [1.29, 1.82) is 0 Å². The minimum atomic E-state index is 0.311. The molecule has 0 spiro atoms. The van der Waals surface area contributed by atoms with Crippen LogP contribution in [0, 0.1) is 11.8 Å². The topological polar surface area (TPSA) is 26.0 Å². The molecule has 0 unspecified atom stereocenters. The standard InChI is InChI=1S/C10H8ClNS/c11-7-3-5-8-4-1-2-6-9(8)10(12)13/h1-2,4,6H,7H2,(H2,12,13). The number of thiocarbonyl (C=S) groups is 1. The number of hydrogen-bond acceptors (Lipinski definition) is 1. The molecule has 1 nitrogen and oxygen atoms in total. The molecule has 2 N–H and O–H groups in total. The van der Waals surface area contributed by atoms with Crippen LogP contribution in [0.1, 0.15) is 11.1 Å². The first-order valence-electron chi connectivity index (χ1n) is 3.69. The Balaban J connectivity index is 3.12. The van der Waals surface area contributed by atoms with E-state index in [-0.39, 0.29) is 0 Å². The van der Waals surface area contributed by atoms with Gasteiger partial charge in [0, 0.05) is 11.1 Å². The molecule has 0 heterocycles. The normalized spacial score (nSPS) is 8.69. The maximum atomic E-state index is 5.52. The van der Waals surface area contributed by atoms with Gasteiger partial charge in [0.2, 0.25) is 0 Å². The van der Waals surface area contributed by atoms with Gasteiger partial charge in [0.1, 0.15) is 4.99 Å². The van der Waals surface area contributed by atoms with Gasteiger partial charge in [-0.3, -0.25) is 0 Å². The second kappa shape index (κ2) is 4.86. The van der Waals surface area contributed by atoms with Gasteiger partial charge < -0.3 is 5.73 Å². The van der Waals surface area contributed by atoms with Crippen LogP contribution in [-0.2, 0) is 0 Å². The van der Waals surface area contributed by atoms with E-state index in [1.54, 1.807) is 0 Å². The van der Waals surface area contributed by atoms with Gasteiger partial charge in [-0.15, -0.1) is 11.6 Å². The Morgan fingerprint density at radius 2 is 2.15 bits per heavy atom. The molecular formula is C10H8ClNS. The second-order valence-electron chi connectivity index (χ2n) is 2.35. The quantitative estimate of drug-likeness (QED) is 0.435. The Kier molecular flexibility index (Phi) is 3.75. The van der Waals surface area contributed by atoms with Crippen LogP contribution in [0.4, 0.5) is 0 Å². The van der Waals surface area contributed by atoms with Crippen LogP contribution in [0.25, 0.3) is 0 Å². The van der Waals surface area contributed by atoms with Crippen LogP contribution in [0.2, 0.25) is 0 Å². The molecule has 0 fully saturated rings. The van der Waals surface area contributed by atoms with Crippen molar-refractivity contribution in [3.63, 3.8) is 0 Å². The molecule has 0 amide bonds. The van der Waals surface area contributed by atoms with E-state index in [1.807, 2.05) is 24.3 Å². The fourth-order valence-electron chi connectivity index (χ4n) is 0.936. The van der Waals surface area contributed by atoms with E-state index in [4.69, 9.17) is 29.6 Å². The van der Waals surface area contributed by atoms with Gasteiger partial charge >= 0.3 is 0 Å². The zero-order chi connectivity index (χ0) is 9.68. The van der Waals surface area contributed by atoms with Crippen LogP contribution < -0.4 is 5.73 Å². The van der Waals surface area contributed by atoms with Crippen molar-refractivity contribution in [3.05, 3.63) is 35.4 Å². The minimum absolute atomic E-state index is 0.311. The lowest BCUT2D eigenvalue weighted by atomic mass is 10.1. The molecule has 0 aliphatic carbocycles. The Hall–Kier alpha value is -1.04. The molecule has 0 radical (unpaired) electrons.